The first-order chi connectivity index (χ1) is 9.92. The van der Waals surface area contributed by atoms with E-state index in [0.717, 1.165) is 12.8 Å². The Balaban J connectivity index is 2.00. The highest BCUT2D eigenvalue weighted by Crippen LogP contribution is 2.18. The summed E-state index contributed by atoms with van der Waals surface area (Å²) >= 11 is 0. The fraction of sp³-hybridized carbons (Fsp3) is 0.538. The van der Waals surface area contributed by atoms with Gasteiger partial charge in [-0.05, 0) is 38.8 Å². The van der Waals surface area contributed by atoms with E-state index in [1.54, 1.807) is 6.07 Å². The van der Waals surface area contributed by atoms with Crippen molar-refractivity contribution in [2.75, 3.05) is 11.9 Å². The van der Waals surface area contributed by atoms with Gasteiger partial charge >= 0.3 is 0 Å². The molecule has 116 valence electrons. The third-order valence-electron chi connectivity index (χ3n) is 3.05. The van der Waals surface area contributed by atoms with Crippen LogP contribution in [0.2, 0.25) is 0 Å². The molecule has 0 aliphatic heterocycles. The summed E-state index contributed by atoms with van der Waals surface area (Å²) in [4.78, 5) is 15.8. The van der Waals surface area contributed by atoms with Gasteiger partial charge in [0.05, 0.1) is 6.04 Å². The summed E-state index contributed by atoms with van der Waals surface area (Å²) in [5.74, 6) is 0.300. The Kier molecular flexibility index (Phi) is 4.79. The van der Waals surface area contributed by atoms with Crippen molar-refractivity contribution in [3.05, 3.63) is 18.3 Å². The molecule has 1 aliphatic rings. The molecule has 1 heterocycles. The van der Waals surface area contributed by atoms with Crippen LogP contribution in [-0.2, 0) is 14.8 Å². The lowest BCUT2D eigenvalue weighted by Crippen LogP contribution is -2.45. The second kappa shape index (κ2) is 6.40. The number of amides is 1. The molecule has 1 amide bonds. The van der Waals surface area contributed by atoms with Gasteiger partial charge < -0.3 is 10.6 Å². The molecule has 1 unspecified atom stereocenters. The lowest BCUT2D eigenvalue weighted by atomic mass is 10.3. The normalized spacial score (nSPS) is 16.3. The van der Waals surface area contributed by atoms with Crippen molar-refractivity contribution in [1.29, 1.82) is 0 Å². The van der Waals surface area contributed by atoms with Gasteiger partial charge in [-0.3, -0.25) is 4.79 Å². The van der Waals surface area contributed by atoms with Crippen LogP contribution in [0.1, 0.15) is 26.7 Å². The summed E-state index contributed by atoms with van der Waals surface area (Å²) < 4.78 is 26.7. The monoisotopic (exact) mass is 312 g/mol. The number of anilines is 1. The Morgan fingerprint density at radius 1 is 1.43 bits per heavy atom. The number of hydrogen-bond acceptors (Lipinski definition) is 5. The molecule has 1 atom stereocenters. The standard InChI is InChI=1S/C13H20N4O3S/c1-3-14-12-7-6-11(8-15-12)21(19,20)17-9(2)13(18)16-10-4-5-10/h6-10,17H,3-5H2,1-2H3,(H,14,15)(H,16,18). The lowest BCUT2D eigenvalue weighted by Gasteiger charge is -2.14. The molecule has 8 heteroatoms. The van der Waals surface area contributed by atoms with Gasteiger partial charge in [-0.15, -0.1) is 0 Å². The van der Waals surface area contributed by atoms with E-state index in [-0.39, 0.29) is 16.8 Å². The van der Waals surface area contributed by atoms with Crippen LogP contribution in [0.5, 0.6) is 0 Å². The molecule has 1 aromatic heterocycles. The zero-order chi connectivity index (χ0) is 15.5. The minimum atomic E-state index is -3.75. The predicted molar refractivity (Wildman–Crippen MR) is 79.3 cm³/mol. The summed E-state index contributed by atoms with van der Waals surface area (Å²) in [6, 6.07) is 2.43. The zero-order valence-electron chi connectivity index (χ0n) is 12.1. The van der Waals surface area contributed by atoms with Crippen molar-refractivity contribution >= 4 is 21.7 Å². The molecule has 0 spiro atoms. The molecule has 21 heavy (non-hydrogen) atoms. The maximum absolute atomic E-state index is 12.2. The maximum atomic E-state index is 12.2. The Bertz CT molecular complexity index is 596. The molecule has 3 N–H and O–H groups in total. The molecule has 0 bridgehead atoms. The van der Waals surface area contributed by atoms with Crippen molar-refractivity contribution in [2.45, 2.75) is 43.7 Å². The molecule has 1 fully saturated rings. The lowest BCUT2D eigenvalue weighted by molar-refractivity contribution is -0.122. The summed E-state index contributed by atoms with van der Waals surface area (Å²) in [6.07, 6.45) is 3.19. The number of carbonyl (C=O) groups excluding carboxylic acids is 1. The predicted octanol–water partition coefficient (Wildman–Crippen LogP) is 0.459. The smallest absolute Gasteiger partial charge is 0.242 e. The number of hydrogen-bond donors (Lipinski definition) is 3. The topological polar surface area (TPSA) is 100 Å². The third-order valence-corrected chi connectivity index (χ3v) is 4.58. The van der Waals surface area contributed by atoms with Crippen molar-refractivity contribution in [1.82, 2.24) is 15.0 Å². The zero-order valence-corrected chi connectivity index (χ0v) is 12.9. The number of pyridine rings is 1. The van der Waals surface area contributed by atoms with Crippen LogP contribution in [0.15, 0.2) is 23.2 Å². The minimum absolute atomic E-state index is 0.0372. The first-order valence-electron chi connectivity index (χ1n) is 6.95. The molecule has 0 saturated heterocycles. The molecule has 1 aromatic rings. The van der Waals surface area contributed by atoms with Crippen LogP contribution < -0.4 is 15.4 Å². The van der Waals surface area contributed by atoms with Crippen molar-refractivity contribution < 1.29 is 13.2 Å². The highest BCUT2D eigenvalue weighted by atomic mass is 32.2. The van der Waals surface area contributed by atoms with Crippen LogP contribution in [-0.4, -0.2) is 37.9 Å². The molecule has 2 rings (SSSR count). The van der Waals surface area contributed by atoms with Crippen molar-refractivity contribution in [2.24, 2.45) is 0 Å². The van der Waals surface area contributed by atoms with E-state index in [2.05, 4.69) is 20.3 Å². The van der Waals surface area contributed by atoms with Gasteiger partial charge in [0.25, 0.3) is 0 Å². The van der Waals surface area contributed by atoms with E-state index in [1.165, 1.54) is 19.2 Å². The SMILES string of the molecule is CCNc1ccc(S(=O)(=O)NC(C)C(=O)NC2CC2)cn1. The molecule has 1 aliphatic carbocycles. The summed E-state index contributed by atoms with van der Waals surface area (Å²) in [6.45, 7) is 4.15. The molecule has 0 radical (unpaired) electrons. The number of aromatic nitrogens is 1. The van der Waals surface area contributed by atoms with Crippen molar-refractivity contribution in [3.63, 3.8) is 0 Å². The van der Waals surface area contributed by atoms with Crippen LogP contribution in [0.4, 0.5) is 5.82 Å². The van der Waals surface area contributed by atoms with Gasteiger partial charge in [-0.1, -0.05) is 0 Å². The second-order valence-electron chi connectivity index (χ2n) is 5.04. The first-order valence-corrected chi connectivity index (χ1v) is 8.43. The number of nitrogens with one attached hydrogen (secondary N) is 3. The van der Waals surface area contributed by atoms with Gasteiger partial charge in [-0.25, -0.2) is 13.4 Å². The summed E-state index contributed by atoms with van der Waals surface area (Å²) in [5, 5.41) is 5.75. The van der Waals surface area contributed by atoms with Gasteiger partial charge in [0.2, 0.25) is 15.9 Å². The van der Waals surface area contributed by atoms with E-state index < -0.39 is 16.1 Å². The fourth-order valence-electron chi connectivity index (χ4n) is 1.73. The van der Waals surface area contributed by atoms with Crippen LogP contribution in [0, 0.1) is 0 Å². The third kappa shape index (κ3) is 4.40. The molecule has 7 nitrogen and oxygen atoms in total. The number of sulfonamides is 1. The van der Waals surface area contributed by atoms with Gasteiger partial charge in [0.1, 0.15) is 10.7 Å². The second-order valence-corrected chi connectivity index (χ2v) is 6.75. The highest BCUT2D eigenvalue weighted by Gasteiger charge is 2.28. The molecular weight excluding hydrogens is 292 g/mol. The Hall–Kier alpha value is -1.67. The number of rotatable bonds is 7. The minimum Gasteiger partial charge on any atom is -0.370 e. The summed E-state index contributed by atoms with van der Waals surface area (Å²) in [5.41, 5.74) is 0. The largest absolute Gasteiger partial charge is 0.370 e. The van der Waals surface area contributed by atoms with Crippen LogP contribution >= 0.6 is 0 Å². The maximum Gasteiger partial charge on any atom is 0.242 e. The van der Waals surface area contributed by atoms with E-state index in [0.29, 0.717) is 12.4 Å². The van der Waals surface area contributed by atoms with E-state index >= 15 is 0 Å². The van der Waals surface area contributed by atoms with Gasteiger partial charge in [0.15, 0.2) is 0 Å². The fourth-order valence-corrected chi connectivity index (χ4v) is 2.88. The molecule has 1 saturated carbocycles. The average molecular weight is 312 g/mol. The Labute approximate surface area is 124 Å². The highest BCUT2D eigenvalue weighted by molar-refractivity contribution is 7.89. The van der Waals surface area contributed by atoms with Crippen molar-refractivity contribution in [3.8, 4) is 0 Å². The van der Waals surface area contributed by atoms with Gasteiger partial charge in [-0.2, -0.15) is 4.72 Å². The molecular formula is C13H20N4O3S. The van der Waals surface area contributed by atoms with Crippen LogP contribution in [0.25, 0.3) is 0 Å². The Morgan fingerprint density at radius 2 is 2.14 bits per heavy atom. The average Bonchev–Trinajstić information content (AvgIpc) is 3.23. The van der Waals surface area contributed by atoms with E-state index in [1.807, 2.05) is 6.92 Å². The quantitative estimate of drug-likeness (QED) is 0.679. The molecule has 0 aromatic carbocycles. The van der Waals surface area contributed by atoms with Gasteiger partial charge in [0, 0.05) is 18.8 Å². The summed E-state index contributed by atoms with van der Waals surface area (Å²) in [7, 11) is -3.75. The first kappa shape index (κ1) is 15.7. The number of carbonyl (C=O) groups is 1. The van der Waals surface area contributed by atoms with Crippen LogP contribution in [0.3, 0.4) is 0 Å². The van der Waals surface area contributed by atoms with E-state index in [4.69, 9.17) is 0 Å². The van der Waals surface area contributed by atoms with E-state index in [9.17, 15) is 13.2 Å². The Morgan fingerprint density at radius 3 is 2.67 bits per heavy atom. The number of nitrogens with zero attached hydrogens (tertiary/aromatic N) is 1.